The van der Waals surface area contributed by atoms with Crippen molar-refractivity contribution < 1.29 is 18.4 Å². The molecule has 2 rings (SSSR count). The molecule has 0 aromatic heterocycles. The predicted octanol–water partition coefficient (Wildman–Crippen LogP) is 3.33. The molecule has 0 bridgehead atoms. The van der Waals surface area contributed by atoms with E-state index in [4.69, 9.17) is 5.21 Å². The van der Waals surface area contributed by atoms with Crippen LogP contribution in [0.2, 0.25) is 0 Å². The number of hydrogen-bond donors (Lipinski definition) is 2. The van der Waals surface area contributed by atoms with E-state index in [2.05, 4.69) is 4.99 Å². The molecule has 20 heavy (non-hydrogen) atoms. The molecule has 1 heterocycles. The van der Waals surface area contributed by atoms with Gasteiger partial charge in [-0.05, 0) is 37.5 Å². The monoisotopic (exact) mass is 287 g/mol. The lowest BCUT2D eigenvalue weighted by atomic mass is 10.1. The van der Waals surface area contributed by atoms with Gasteiger partial charge in [-0.25, -0.2) is 4.99 Å². The summed E-state index contributed by atoms with van der Waals surface area (Å²) in [6.45, 7) is 1.61. The van der Waals surface area contributed by atoms with Gasteiger partial charge in [0.15, 0.2) is 0 Å². The van der Waals surface area contributed by atoms with Crippen molar-refractivity contribution >= 4 is 17.7 Å². The van der Waals surface area contributed by atoms with Crippen LogP contribution < -0.4 is 10.4 Å². The highest BCUT2D eigenvalue weighted by molar-refractivity contribution is 5.73. The van der Waals surface area contributed by atoms with Gasteiger partial charge in [0.25, 0.3) is 0 Å². The minimum Gasteiger partial charge on any atom is -0.370 e. The maximum Gasteiger partial charge on any atom is 0.416 e. The van der Waals surface area contributed by atoms with Crippen LogP contribution in [0.4, 0.5) is 24.5 Å². The summed E-state index contributed by atoms with van der Waals surface area (Å²) in [5, 5.41) is 8.52. The van der Waals surface area contributed by atoms with Crippen molar-refractivity contribution in [2.45, 2.75) is 25.4 Å². The van der Waals surface area contributed by atoms with Crippen molar-refractivity contribution in [1.82, 2.24) is 5.48 Å². The van der Waals surface area contributed by atoms with E-state index in [9.17, 15) is 13.2 Å². The zero-order valence-corrected chi connectivity index (χ0v) is 10.8. The third-order valence-corrected chi connectivity index (χ3v) is 3.26. The molecule has 0 aliphatic carbocycles. The van der Waals surface area contributed by atoms with Crippen LogP contribution in [0.1, 0.15) is 24.8 Å². The zero-order valence-electron chi connectivity index (χ0n) is 10.8. The molecular formula is C13H16F3N3O. The molecule has 0 radical (unpaired) electrons. The van der Waals surface area contributed by atoms with Crippen LogP contribution in [0.15, 0.2) is 23.2 Å². The number of piperidine rings is 1. The molecule has 7 heteroatoms. The van der Waals surface area contributed by atoms with E-state index >= 15 is 0 Å². The number of nitrogens with zero attached hydrogens (tertiary/aromatic N) is 2. The topological polar surface area (TPSA) is 47.9 Å². The molecule has 1 aromatic rings. The Labute approximate surface area is 114 Å². The lowest BCUT2D eigenvalue weighted by Gasteiger charge is -2.30. The Balaban J connectivity index is 2.36. The van der Waals surface area contributed by atoms with E-state index in [1.807, 2.05) is 4.90 Å². The normalized spacial score (nSPS) is 16.7. The van der Waals surface area contributed by atoms with Gasteiger partial charge in [0.1, 0.15) is 6.34 Å². The third kappa shape index (κ3) is 3.41. The first kappa shape index (κ1) is 14.6. The van der Waals surface area contributed by atoms with Crippen LogP contribution in [0, 0.1) is 0 Å². The average Bonchev–Trinajstić information content (AvgIpc) is 2.45. The van der Waals surface area contributed by atoms with E-state index in [1.54, 1.807) is 5.48 Å². The highest BCUT2D eigenvalue weighted by Gasteiger charge is 2.31. The number of halogens is 3. The summed E-state index contributed by atoms with van der Waals surface area (Å²) in [5.74, 6) is 0. The van der Waals surface area contributed by atoms with Gasteiger partial charge in [-0.3, -0.25) is 10.7 Å². The number of rotatable bonds is 3. The molecule has 1 aliphatic heterocycles. The minimum absolute atomic E-state index is 0.197. The fraction of sp³-hybridized carbons (Fsp3) is 0.462. The van der Waals surface area contributed by atoms with E-state index < -0.39 is 11.7 Å². The Bertz CT molecular complexity index is 482. The molecule has 1 aromatic carbocycles. The van der Waals surface area contributed by atoms with Gasteiger partial charge in [0.2, 0.25) is 0 Å². The van der Waals surface area contributed by atoms with Crippen LogP contribution >= 0.6 is 0 Å². The quantitative estimate of drug-likeness (QED) is 0.509. The molecule has 0 spiro atoms. The van der Waals surface area contributed by atoms with Crippen LogP contribution in [0.3, 0.4) is 0 Å². The summed E-state index contributed by atoms with van der Waals surface area (Å²) in [4.78, 5) is 5.87. The number of hydroxylamine groups is 1. The Hall–Kier alpha value is -1.76. The maximum atomic E-state index is 12.7. The molecule has 110 valence electrons. The molecule has 0 atom stereocenters. The number of hydrogen-bond acceptors (Lipinski definition) is 3. The molecule has 1 aliphatic rings. The van der Waals surface area contributed by atoms with Crippen molar-refractivity contribution in [3.8, 4) is 0 Å². The first-order valence-corrected chi connectivity index (χ1v) is 6.41. The van der Waals surface area contributed by atoms with Gasteiger partial charge in [-0.1, -0.05) is 0 Å². The van der Waals surface area contributed by atoms with Crippen LogP contribution in [0.25, 0.3) is 0 Å². The Morgan fingerprint density at radius 3 is 2.50 bits per heavy atom. The third-order valence-electron chi connectivity index (χ3n) is 3.26. The highest BCUT2D eigenvalue weighted by Crippen LogP contribution is 2.37. The average molecular weight is 287 g/mol. The molecule has 0 amide bonds. The number of nitrogens with one attached hydrogen (secondary N) is 1. The molecule has 1 saturated heterocycles. The zero-order chi connectivity index (χ0) is 14.6. The fourth-order valence-corrected chi connectivity index (χ4v) is 2.30. The van der Waals surface area contributed by atoms with Gasteiger partial charge in [0, 0.05) is 13.1 Å². The van der Waals surface area contributed by atoms with Crippen LogP contribution in [-0.2, 0) is 6.18 Å². The Morgan fingerprint density at radius 2 is 1.90 bits per heavy atom. The van der Waals surface area contributed by atoms with Gasteiger partial charge >= 0.3 is 6.18 Å². The van der Waals surface area contributed by atoms with E-state index in [0.717, 1.165) is 50.8 Å². The van der Waals surface area contributed by atoms with Gasteiger partial charge in [-0.15, -0.1) is 0 Å². The Kier molecular flexibility index (Phi) is 4.49. The lowest BCUT2D eigenvalue weighted by molar-refractivity contribution is -0.137. The first-order chi connectivity index (χ1) is 9.52. The lowest BCUT2D eigenvalue weighted by Crippen LogP contribution is -2.29. The summed E-state index contributed by atoms with van der Waals surface area (Å²) in [7, 11) is 0. The molecular weight excluding hydrogens is 271 g/mol. The summed E-state index contributed by atoms with van der Waals surface area (Å²) in [6, 6.07) is 3.51. The molecule has 1 fully saturated rings. The van der Waals surface area contributed by atoms with Gasteiger partial charge < -0.3 is 4.90 Å². The SMILES string of the molecule is ONC=Nc1cc(C(F)(F)F)ccc1N1CCCCC1. The van der Waals surface area contributed by atoms with Crippen LogP contribution in [0.5, 0.6) is 0 Å². The smallest absolute Gasteiger partial charge is 0.370 e. The van der Waals surface area contributed by atoms with Crippen molar-refractivity contribution in [2.75, 3.05) is 18.0 Å². The number of alkyl halides is 3. The number of anilines is 1. The summed E-state index contributed by atoms with van der Waals surface area (Å²) in [6.07, 6.45) is -0.279. The molecule has 4 nitrogen and oxygen atoms in total. The van der Waals surface area contributed by atoms with E-state index in [-0.39, 0.29) is 5.69 Å². The van der Waals surface area contributed by atoms with Crippen LogP contribution in [-0.4, -0.2) is 24.6 Å². The predicted molar refractivity (Wildman–Crippen MR) is 70.6 cm³/mol. The maximum absolute atomic E-state index is 12.7. The summed E-state index contributed by atoms with van der Waals surface area (Å²) in [5.41, 5.74) is 1.82. The van der Waals surface area contributed by atoms with E-state index in [0.29, 0.717) is 5.69 Å². The van der Waals surface area contributed by atoms with E-state index in [1.165, 1.54) is 6.07 Å². The molecule has 0 unspecified atom stereocenters. The van der Waals surface area contributed by atoms with Crippen molar-refractivity contribution in [2.24, 2.45) is 4.99 Å². The van der Waals surface area contributed by atoms with Crippen molar-refractivity contribution in [3.63, 3.8) is 0 Å². The second kappa shape index (κ2) is 6.13. The minimum atomic E-state index is -4.41. The Morgan fingerprint density at radius 1 is 1.20 bits per heavy atom. The number of benzene rings is 1. The summed E-state index contributed by atoms with van der Waals surface area (Å²) < 4.78 is 38.2. The first-order valence-electron chi connectivity index (χ1n) is 6.41. The number of aliphatic imine (C=N–C) groups is 1. The van der Waals surface area contributed by atoms with Crippen molar-refractivity contribution in [3.05, 3.63) is 23.8 Å². The largest absolute Gasteiger partial charge is 0.416 e. The highest BCUT2D eigenvalue weighted by atomic mass is 19.4. The second-order valence-electron chi connectivity index (χ2n) is 4.64. The van der Waals surface area contributed by atoms with Gasteiger partial charge in [-0.2, -0.15) is 13.2 Å². The standard InChI is InChI=1S/C13H16F3N3O/c14-13(15,16)10-4-5-12(11(8-10)17-9-18-20)19-6-2-1-3-7-19/h4-5,8-9,20H,1-3,6-7H2,(H,17,18). The summed E-state index contributed by atoms with van der Waals surface area (Å²) >= 11 is 0. The van der Waals surface area contributed by atoms with Crippen molar-refractivity contribution in [1.29, 1.82) is 0 Å². The second-order valence-corrected chi connectivity index (χ2v) is 4.64. The fourth-order valence-electron chi connectivity index (χ4n) is 2.30. The molecule has 0 saturated carbocycles. The molecule has 2 N–H and O–H groups in total. The van der Waals surface area contributed by atoms with Gasteiger partial charge in [0.05, 0.1) is 16.9 Å².